The van der Waals surface area contributed by atoms with Crippen LogP contribution in [0.3, 0.4) is 0 Å². The molecule has 0 radical (unpaired) electrons. The maximum Gasteiger partial charge on any atom is 0.339 e. The summed E-state index contributed by atoms with van der Waals surface area (Å²) < 4.78 is 36.6. The SMILES string of the molecule is C=CCc1cc(/C=C2/SC(NC(C)=O)=NC2=O)cc(OC)c1OS(=O)(=O)c1ccc(C)cc1. The van der Waals surface area contributed by atoms with Gasteiger partial charge in [-0.15, -0.1) is 6.58 Å². The Balaban J connectivity index is 1.98. The molecule has 1 N–H and O–H groups in total. The van der Waals surface area contributed by atoms with E-state index in [0.29, 0.717) is 22.5 Å². The number of nitrogens with one attached hydrogen (secondary N) is 1. The van der Waals surface area contributed by atoms with Crippen molar-refractivity contribution in [2.24, 2.45) is 4.99 Å². The fourth-order valence-electron chi connectivity index (χ4n) is 2.95. The minimum absolute atomic E-state index is 0.0153. The molecule has 0 aromatic heterocycles. The zero-order chi connectivity index (χ0) is 24.2. The smallest absolute Gasteiger partial charge is 0.339 e. The number of amides is 2. The highest BCUT2D eigenvalue weighted by molar-refractivity contribution is 8.18. The molecule has 0 unspecified atom stereocenters. The Hall–Kier alpha value is -3.37. The molecule has 0 aliphatic carbocycles. The van der Waals surface area contributed by atoms with Gasteiger partial charge >= 0.3 is 10.1 Å². The van der Waals surface area contributed by atoms with E-state index in [0.717, 1.165) is 17.3 Å². The highest BCUT2D eigenvalue weighted by Gasteiger charge is 2.25. The van der Waals surface area contributed by atoms with Gasteiger partial charge in [-0.3, -0.25) is 9.59 Å². The number of benzene rings is 2. The van der Waals surface area contributed by atoms with Crippen LogP contribution in [0.1, 0.15) is 23.6 Å². The van der Waals surface area contributed by atoms with Crippen molar-refractivity contribution in [1.82, 2.24) is 5.32 Å². The van der Waals surface area contributed by atoms with E-state index >= 15 is 0 Å². The lowest BCUT2D eigenvalue weighted by Gasteiger charge is -2.16. The summed E-state index contributed by atoms with van der Waals surface area (Å²) in [5.74, 6) is -0.604. The average molecular weight is 487 g/mol. The number of ether oxygens (including phenoxy) is 1. The number of carbonyl (C=O) groups excluding carboxylic acids is 2. The normalized spacial score (nSPS) is 14.7. The first-order valence-electron chi connectivity index (χ1n) is 9.76. The summed E-state index contributed by atoms with van der Waals surface area (Å²) in [5, 5.41) is 2.68. The molecule has 2 aromatic rings. The Labute approximate surface area is 196 Å². The highest BCUT2D eigenvalue weighted by Crippen LogP contribution is 2.37. The van der Waals surface area contributed by atoms with E-state index in [2.05, 4.69) is 16.9 Å². The minimum Gasteiger partial charge on any atom is -0.493 e. The molecule has 33 heavy (non-hydrogen) atoms. The fraction of sp³-hybridized carbons (Fsp3) is 0.174. The average Bonchev–Trinajstić information content (AvgIpc) is 3.07. The highest BCUT2D eigenvalue weighted by atomic mass is 32.2. The van der Waals surface area contributed by atoms with Gasteiger partial charge in [-0.1, -0.05) is 23.8 Å². The van der Waals surface area contributed by atoms with Crippen molar-refractivity contribution in [3.05, 3.63) is 70.6 Å². The second kappa shape index (κ2) is 10.1. The van der Waals surface area contributed by atoms with Gasteiger partial charge in [0.25, 0.3) is 5.91 Å². The van der Waals surface area contributed by atoms with E-state index in [-0.39, 0.29) is 27.5 Å². The first-order chi connectivity index (χ1) is 15.6. The van der Waals surface area contributed by atoms with Crippen LogP contribution in [0.2, 0.25) is 0 Å². The number of nitrogens with zero attached hydrogens (tertiary/aromatic N) is 1. The van der Waals surface area contributed by atoms with E-state index in [1.54, 1.807) is 36.4 Å². The maximum absolute atomic E-state index is 12.9. The van der Waals surface area contributed by atoms with E-state index in [9.17, 15) is 18.0 Å². The molecule has 10 heteroatoms. The summed E-state index contributed by atoms with van der Waals surface area (Å²) in [7, 11) is -2.72. The van der Waals surface area contributed by atoms with Gasteiger partial charge in [0, 0.05) is 12.5 Å². The van der Waals surface area contributed by atoms with Gasteiger partial charge in [-0.25, -0.2) is 0 Å². The molecule has 2 aromatic carbocycles. The van der Waals surface area contributed by atoms with Crippen LogP contribution in [0.15, 0.2) is 63.8 Å². The molecule has 8 nitrogen and oxygen atoms in total. The molecule has 1 aliphatic rings. The zero-order valence-corrected chi connectivity index (χ0v) is 19.9. The van der Waals surface area contributed by atoms with Crippen LogP contribution in [-0.4, -0.2) is 32.5 Å². The van der Waals surface area contributed by atoms with E-state index in [1.165, 1.54) is 26.2 Å². The minimum atomic E-state index is -4.11. The standard InChI is InChI=1S/C23H22N2O6S2/c1-5-6-17-11-16(13-20-22(27)25-23(32-20)24-15(3)26)12-19(30-4)21(17)31-33(28,29)18-9-7-14(2)8-10-18/h5,7-13H,1,6H2,2-4H3,(H,24,25,26,27)/b20-13+. The van der Waals surface area contributed by atoms with Gasteiger partial charge in [-0.05, 0) is 61.0 Å². The van der Waals surface area contributed by atoms with Crippen LogP contribution in [0.5, 0.6) is 11.5 Å². The fourth-order valence-corrected chi connectivity index (χ4v) is 4.78. The van der Waals surface area contributed by atoms with Crippen molar-refractivity contribution < 1.29 is 26.9 Å². The van der Waals surface area contributed by atoms with E-state index < -0.39 is 16.0 Å². The largest absolute Gasteiger partial charge is 0.493 e. The monoisotopic (exact) mass is 486 g/mol. The third-order valence-electron chi connectivity index (χ3n) is 4.44. The number of hydrogen-bond acceptors (Lipinski definition) is 7. The number of rotatable bonds is 7. The van der Waals surface area contributed by atoms with Gasteiger partial charge in [-0.2, -0.15) is 13.4 Å². The summed E-state index contributed by atoms with van der Waals surface area (Å²) in [6, 6.07) is 9.55. The summed E-state index contributed by atoms with van der Waals surface area (Å²) in [4.78, 5) is 27.5. The molecule has 3 rings (SSSR count). The molecule has 0 fully saturated rings. The van der Waals surface area contributed by atoms with Gasteiger partial charge in [0.05, 0.1) is 12.0 Å². The zero-order valence-electron chi connectivity index (χ0n) is 18.2. The second-order valence-corrected chi connectivity index (χ2v) is 9.65. The Morgan fingerprint density at radius 1 is 1.24 bits per heavy atom. The Bertz CT molecular complexity index is 1280. The van der Waals surface area contributed by atoms with Crippen LogP contribution >= 0.6 is 11.8 Å². The molecule has 0 atom stereocenters. The van der Waals surface area contributed by atoms with Crippen molar-refractivity contribution >= 4 is 44.9 Å². The predicted octanol–water partition coefficient (Wildman–Crippen LogP) is 3.61. The molecule has 0 bridgehead atoms. The van der Waals surface area contributed by atoms with Crippen molar-refractivity contribution in [3.8, 4) is 11.5 Å². The van der Waals surface area contributed by atoms with Gasteiger partial charge in [0.1, 0.15) is 4.90 Å². The lowest BCUT2D eigenvalue weighted by molar-refractivity contribution is -0.117. The van der Waals surface area contributed by atoms with Crippen LogP contribution in [0, 0.1) is 6.92 Å². The Kier molecular flexibility index (Phi) is 7.39. The molecule has 1 heterocycles. The first-order valence-corrected chi connectivity index (χ1v) is 12.0. The third kappa shape index (κ3) is 5.91. The van der Waals surface area contributed by atoms with E-state index in [4.69, 9.17) is 8.92 Å². The molecule has 0 spiro atoms. The van der Waals surface area contributed by atoms with Gasteiger partial charge in [0.2, 0.25) is 5.91 Å². The molecular weight excluding hydrogens is 464 g/mol. The van der Waals surface area contributed by atoms with Crippen molar-refractivity contribution in [2.45, 2.75) is 25.2 Å². The topological polar surface area (TPSA) is 111 Å². The summed E-state index contributed by atoms with van der Waals surface area (Å²) in [6.45, 7) is 6.90. The maximum atomic E-state index is 12.9. The lowest BCUT2D eigenvalue weighted by Crippen LogP contribution is -2.23. The molecule has 2 amide bonds. The van der Waals surface area contributed by atoms with Crippen LogP contribution < -0.4 is 14.2 Å². The molecule has 0 saturated heterocycles. The number of thioether (sulfide) groups is 1. The van der Waals surface area contributed by atoms with Gasteiger partial charge in [0.15, 0.2) is 16.7 Å². The quantitative estimate of drug-likeness (QED) is 0.362. The van der Waals surface area contributed by atoms with Crippen LogP contribution in [0.25, 0.3) is 6.08 Å². The molecule has 0 saturated carbocycles. The van der Waals surface area contributed by atoms with Crippen LogP contribution in [-0.2, 0) is 26.1 Å². The number of amidine groups is 1. The number of aliphatic imine (C=N–C) groups is 1. The molecule has 1 aliphatic heterocycles. The predicted molar refractivity (Wildman–Crippen MR) is 128 cm³/mol. The van der Waals surface area contributed by atoms with Crippen molar-refractivity contribution in [1.29, 1.82) is 0 Å². The number of aryl methyl sites for hydroxylation is 1. The Morgan fingerprint density at radius 2 is 1.94 bits per heavy atom. The molecular formula is C23H22N2O6S2. The number of hydrogen-bond donors (Lipinski definition) is 1. The summed E-state index contributed by atoms with van der Waals surface area (Å²) >= 11 is 1.03. The summed E-state index contributed by atoms with van der Waals surface area (Å²) in [6.07, 6.45) is 3.48. The van der Waals surface area contributed by atoms with Crippen LogP contribution in [0.4, 0.5) is 0 Å². The van der Waals surface area contributed by atoms with Crippen molar-refractivity contribution in [3.63, 3.8) is 0 Å². The summed E-state index contributed by atoms with van der Waals surface area (Å²) in [5.41, 5.74) is 1.99. The second-order valence-electron chi connectivity index (χ2n) is 7.07. The third-order valence-corrected chi connectivity index (χ3v) is 6.58. The van der Waals surface area contributed by atoms with Crippen molar-refractivity contribution in [2.75, 3.05) is 7.11 Å². The Morgan fingerprint density at radius 3 is 2.55 bits per heavy atom. The number of carbonyl (C=O) groups is 2. The first kappa shape index (κ1) is 24.3. The number of methoxy groups -OCH3 is 1. The lowest BCUT2D eigenvalue weighted by atomic mass is 10.1. The van der Waals surface area contributed by atoms with E-state index in [1.807, 2.05) is 6.92 Å². The van der Waals surface area contributed by atoms with Gasteiger partial charge < -0.3 is 14.2 Å². The molecule has 172 valence electrons. The number of allylic oxidation sites excluding steroid dienone is 1.